The third kappa shape index (κ3) is 5.58. The van der Waals surface area contributed by atoms with Crippen LogP contribution < -0.4 is 10.2 Å². The van der Waals surface area contributed by atoms with E-state index in [1.807, 2.05) is 24.3 Å². The Labute approximate surface area is 154 Å². The number of anilines is 1. The molecule has 0 spiro atoms. The van der Waals surface area contributed by atoms with Crippen molar-refractivity contribution in [1.29, 1.82) is 0 Å². The fourth-order valence-corrected chi connectivity index (χ4v) is 3.30. The molecule has 1 atom stereocenters. The maximum atomic E-state index is 12.4. The number of carboxylic acid groups (broad SMARTS) is 1. The van der Waals surface area contributed by atoms with Gasteiger partial charge in [-0.25, -0.2) is 0 Å². The first-order chi connectivity index (χ1) is 12.5. The number of carboxylic acids is 1. The summed E-state index contributed by atoms with van der Waals surface area (Å²) in [5, 5.41) is 11.5. The van der Waals surface area contributed by atoms with Crippen molar-refractivity contribution < 1.29 is 19.5 Å². The predicted molar refractivity (Wildman–Crippen MR) is 100 cm³/mol. The second-order valence-corrected chi connectivity index (χ2v) is 6.74. The molecule has 1 aliphatic heterocycles. The number of amides is 2. The van der Waals surface area contributed by atoms with E-state index in [-0.39, 0.29) is 30.6 Å². The van der Waals surface area contributed by atoms with Crippen LogP contribution in [-0.4, -0.2) is 36.0 Å². The van der Waals surface area contributed by atoms with Crippen LogP contribution in [0.5, 0.6) is 0 Å². The fraction of sp³-hybridized carbons (Fsp3) is 0.550. The fourth-order valence-electron chi connectivity index (χ4n) is 3.30. The summed E-state index contributed by atoms with van der Waals surface area (Å²) in [4.78, 5) is 36.9. The van der Waals surface area contributed by atoms with E-state index in [2.05, 4.69) is 12.2 Å². The van der Waals surface area contributed by atoms with Crippen LogP contribution in [0.3, 0.4) is 0 Å². The van der Waals surface area contributed by atoms with E-state index in [4.69, 9.17) is 5.11 Å². The predicted octanol–water partition coefficient (Wildman–Crippen LogP) is 2.75. The zero-order valence-corrected chi connectivity index (χ0v) is 15.4. The Hall–Kier alpha value is -2.37. The van der Waals surface area contributed by atoms with Gasteiger partial charge in [0.25, 0.3) is 0 Å². The van der Waals surface area contributed by atoms with Gasteiger partial charge < -0.3 is 15.3 Å². The molecule has 1 heterocycles. The number of carbonyl (C=O) groups excluding carboxylic acids is 2. The molecule has 2 amide bonds. The van der Waals surface area contributed by atoms with Crippen LogP contribution in [0.25, 0.3) is 0 Å². The molecule has 1 aliphatic rings. The molecule has 26 heavy (non-hydrogen) atoms. The molecule has 1 aromatic carbocycles. The van der Waals surface area contributed by atoms with Crippen molar-refractivity contribution in [3.8, 4) is 0 Å². The smallest absolute Gasteiger partial charge is 0.303 e. The summed E-state index contributed by atoms with van der Waals surface area (Å²) in [5.74, 6) is -1.14. The molecule has 1 saturated heterocycles. The van der Waals surface area contributed by atoms with Crippen LogP contribution in [0, 0.1) is 5.92 Å². The van der Waals surface area contributed by atoms with Gasteiger partial charge in [0.05, 0.1) is 5.92 Å². The van der Waals surface area contributed by atoms with Gasteiger partial charge in [-0.15, -0.1) is 0 Å². The largest absolute Gasteiger partial charge is 0.481 e. The highest BCUT2D eigenvalue weighted by molar-refractivity contribution is 6.00. The first-order valence-corrected chi connectivity index (χ1v) is 9.40. The average Bonchev–Trinajstić information content (AvgIpc) is 3.02. The van der Waals surface area contributed by atoms with Gasteiger partial charge in [0.15, 0.2) is 0 Å². The molecule has 1 aromatic rings. The first kappa shape index (κ1) is 19.9. The quantitative estimate of drug-likeness (QED) is 0.628. The van der Waals surface area contributed by atoms with E-state index < -0.39 is 5.97 Å². The van der Waals surface area contributed by atoms with Gasteiger partial charge in [-0.3, -0.25) is 14.4 Å². The number of aliphatic carboxylic acids is 1. The Morgan fingerprint density at radius 1 is 1.19 bits per heavy atom. The molecule has 6 heteroatoms. The topological polar surface area (TPSA) is 86.7 Å². The highest BCUT2D eigenvalue weighted by Gasteiger charge is 2.35. The number of aryl methyl sites for hydroxylation is 1. The van der Waals surface area contributed by atoms with Crippen LogP contribution in [0.2, 0.25) is 0 Å². The molecule has 0 saturated carbocycles. The number of hydrogen-bond donors (Lipinski definition) is 2. The highest BCUT2D eigenvalue weighted by Crippen LogP contribution is 2.28. The van der Waals surface area contributed by atoms with E-state index in [0.717, 1.165) is 36.9 Å². The van der Waals surface area contributed by atoms with Crippen molar-refractivity contribution in [1.82, 2.24) is 5.32 Å². The van der Waals surface area contributed by atoms with Gasteiger partial charge in [-0.05, 0) is 30.9 Å². The molecule has 0 aliphatic carbocycles. The maximum absolute atomic E-state index is 12.4. The molecule has 142 valence electrons. The van der Waals surface area contributed by atoms with Gasteiger partial charge in [-0.1, -0.05) is 38.0 Å². The lowest BCUT2D eigenvalue weighted by atomic mass is 10.1. The Balaban J connectivity index is 1.75. The van der Waals surface area contributed by atoms with Crippen LogP contribution in [0.15, 0.2) is 24.3 Å². The van der Waals surface area contributed by atoms with E-state index >= 15 is 0 Å². The number of rotatable bonds is 10. The van der Waals surface area contributed by atoms with Crippen LogP contribution in [-0.2, 0) is 20.8 Å². The molecule has 2 N–H and O–H groups in total. The molecule has 2 rings (SSSR count). The van der Waals surface area contributed by atoms with Gasteiger partial charge in [0.2, 0.25) is 11.8 Å². The normalized spacial score (nSPS) is 16.7. The lowest BCUT2D eigenvalue weighted by Gasteiger charge is -2.20. The lowest BCUT2D eigenvalue weighted by Crippen LogP contribution is -2.33. The summed E-state index contributed by atoms with van der Waals surface area (Å²) >= 11 is 0. The molecule has 0 bridgehead atoms. The second-order valence-electron chi connectivity index (χ2n) is 6.74. The van der Waals surface area contributed by atoms with E-state index in [0.29, 0.717) is 19.5 Å². The molecule has 0 radical (unpaired) electrons. The summed E-state index contributed by atoms with van der Waals surface area (Å²) < 4.78 is 0. The zero-order chi connectivity index (χ0) is 18.9. The third-order valence-electron chi connectivity index (χ3n) is 4.78. The summed E-state index contributed by atoms with van der Waals surface area (Å²) in [6.45, 7) is 3.06. The van der Waals surface area contributed by atoms with Crippen LogP contribution >= 0.6 is 0 Å². The van der Waals surface area contributed by atoms with Gasteiger partial charge >= 0.3 is 5.97 Å². The molecular weight excluding hydrogens is 332 g/mol. The third-order valence-corrected chi connectivity index (χ3v) is 4.78. The summed E-state index contributed by atoms with van der Waals surface area (Å²) in [5.41, 5.74) is 2.02. The molecular formula is C20H28N2O4. The number of benzene rings is 1. The average molecular weight is 360 g/mol. The number of hydrogen-bond acceptors (Lipinski definition) is 3. The first-order valence-electron chi connectivity index (χ1n) is 9.40. The number of unbranched alkanes of at least 4 members (excludes halogenated alkanes) is 3. The Morgan fingerprint density at radius 2 is 1.92 bits per heavy atom. The number of para-hydroxylation sites is 1. The van der Waals surface area contributed by atoms with E-state index in [1.54, 1.807) is 4.90 Å². The minimum absolute atomic E-state index is 0.000259. The zero-order valence-electron chi connectivity index (χ0n) is 15.4. The van der Waals surface area contributed by atoms with Gasteiger partial charge in [-0.2, -0.15) is 0 Å². The number of nitrogens with zero attached hydrogens (tertiary/aromatic N) is 1. The Bertz CT molecular complexity index is 644. The minimum Gasteiger partial charge on any atom is -0.481 e. The van der Waals surface area contributed by atoms with Gasteiger partial charge in [0, 0.05) is 31.6 Å². The van der Waals surface area contributed by atoms with Crippen LogP contribution in [0.4, 0.5) is 5.69 Å². The highest BCUT2D eigenvalue weighted by atomic mass is 16.4. The van der Waals surface area contributed by atoms with Crippen molar-refractivity contribution in [3.63, 3.8) is 0 Å². The van der Waals surface area contributed by atoms with Crippen molar-refractivity contribution >= 4 is 23.5 Å². The number of carbonyl (C=O) groups is 3. The minimum atomic E-state index is -0.765. The van der Waals surface area contributed by atoms with Crippen molar-refractivity contribution in [3.05, 3.63) is 29.8 Å². The molecule has 1 fully saturated rings. The van der Waals surface area contributed by atoms with Gasteiger partial charge in [0.1, 0.15) is 0 Å². The number of nitrogens with one attached hydrogen (secondary N) is 1. The van der Waals surface area contributed by atoms with Crippen molar-refractivity contribution in [2.24, 2.45) is 5.92 Å². The molecule has 0 aromatic heterocycles. The maximum Gasteiger partial charge on any atom is 0.303 e. The Kier molecular flexibility index (Phi) is 7.63. The summed E-state index contributed by atoms with van der Waals surface area (Å²) in [6, 6.07) is 7.83. The second kappa shape index (κ2) is 9.94. The molecule has 6 nitrogen and oxygen atoms in total. The monoisotopic (exact) mass is 360 g/mol. The molecule has 1 unspecified atom stereocenters. The Morgan fingerprint density at radius 3 is 2.65 bits per heavy atom. The lowest BCUT2D eigenvalue weighted by molar-refractivity contribution is -0.137. The summed E-state index contributed by atoms with van der Waals surface area (Å²) in [6.07, 6.45) is 4.55. The van der Waals surface area contributed by atoms with Crippen molar-refractivity contribution in [2.75, 3.05) is 18.0 Å². The van der Waals surface area contributed by atoms with E-state index in [9.17, 15) is 14.4 Å². The van der Waals surface area contributed by atoms with Crippen LogP contribution in [0.1, 0.15) is 51.0 Å². The van der Waals surface area contributed by atoms with Crippen molar-refractivity contribution in [2.45, 2.75) is 51.9 Å². The summed E-state index contributed by atoms with van der Waals surface area (Å²) in [7, 11) is 0. The van der Waals surface area contributed by atoms with E-state index in [1.165, 1.54) is 0 Å². The standard InChI is InChI=1S/C20H28N2O4/c1-2-15-9-6-7-10-17(15)22-14-16(13-18(22)23)20(26)21-12-8-4-3-5-11-19(24)25/h6-7,9-10,16H,2-5,8,11-14H2,1H3,(H,21,26)(H,24,25). The SMILES string of the molecule is CCc1ccccc1N1CC(C(=O)NCCCCCCC(=O)O)CC1=O.